The summed E-state index contributed by atoms with van der Waals surface area (Å²) in [7, 11) is 3.65. The zero-order valence-corrected chi connectivity index (χ0v) is 20.6. The lowest BCUT2D eigenvalue weighted by Gasteiger charge is -2.43. The number of hydrogen-bond donors (Lipinski definition) is 0. The SMILES string of the molecule is CN(C)C(=O)N1CC2(CCN(C3CCCN(C(=O)O[C@@H]4CCOC4)CC3)CC2)c2ccccc21. The van der Waals surface area contributed by atoms with Gasteiger partial charge in [0.05, 0.1) is 13.2 Å². The molecule has 0 radical (unpaired) electrons. The first-order valence-electron chi connectivity index (χ1n) is 12.8. The highest BCUT2D eigenvalue weighted by atomic mass is 16.6. The van der Waals surface area contributed by atoms with Crippen molar-refractivity contribution >= 4 is 17.8 Å². The van der Waals surface area contributed by atoms with Crippen LogP contribution in [0, 0.1) is 0 Å². The number of carbonyl (C=O) groups excluding carboxylic acids is 2. The van der Waals surface area contributed by atoms with E-state index in [-0.39, 0.29) is 23.6 Å². The molecule has 8 heteroatoms. The number of amides is 3. The maximum atomic E-state index is 12.9. The highest BCUT2D eigenvalue weighted by molar-refractivity contribution is 5.95. The topological polar surface area (TPSA) is 65.6 Å². The molecule has 186 valence electrons. The van der Waals surface area contributed by atoms with Crippen LogP contribution in [0.3, 0.4) is 0 Å². The molecule has 1 unspecified atom stereocenters. The van der Waals surface area contributed by atoms with Crippen LogP contribution in [0.2, 0.25) is 0 Å². The van der Waals surface area contributed by atoms with Crippen LogP contribution in [0.25, 0.3) is 0 Å². The highest BCUT2D eigenvalue weighted by Crippen LogP contribution is 2.47. The molecule has 4 aliphatic heterocycles. The van der Waals surface area contributed by atoms with Gasteiger partial charge in [-0.05, 0) is 56.8 Å². The van der Waals surface area contributed by atoms with E-state index in [1.807, 2.05) is 30.0 Å². The molecule has 0 saturated carbocycles. The molecule has 4 heterocycles. The molecule has 0 aromatic heterocycles. The number of ether oxygens (including phenoxy) is 2. The third kappa shape index (κ3) is 4.50. The van der Waals surface area contributed by atoms with Gasteiger partial charge in [-0.2, -0.15) is 0 Å². The minimum Gasteiger partial charge on any atom is -0.444 e. The second-order valence-corrected chi connectivity index (χ2v) is 10.5. The van der Waals surface area contributed by atoms with E-state index in [9.17, 15) is 9.59 Å². The number of urea groups is 1. The molecule has 34 heavy (non-hydrogen) atoms. The predicted octanol–water partition coefficient (Wildman–Crippen LogP) is 3.30. The Labute approximate surface area is 202 Å². The van der Waals surface area contributed by atoms with Crippen molar-refractivity contribution in [2.45, 2.75) is 56.1 Å². The summed E-state index contributed by atoms with van der Waals surface area (Å²) in [6.07, 6.45) is 5.78. The zero-order valence-electron chi connectivity index (χ0n) is 20.6. The van der Waals surface area contributed by atoms with Crippen LogP contribution in [0.5, 0.6) is 0 Å². The van der Waals surface area contributed by atoms with Crippen molar-refractivity contribution in [1.29, 1.82) is 0 Å². The van der Waals surface area contributed by atoms with E-state index >= 15 is 0 Å². The first-order chi connectivity index (χ1) is 16.5. The molecule has 3 fully saturated rings. The van der Waals surface area contributed by atoms with E-state index in [0.29, 0.717) is 19.3 Å². The standard InChI is InChI=1S/C26H38N4O4/c1-27(2)24(31)30-19-26(22-7-3-4-8-23(22)30)11-15-28(16-12-26)20-6-5-13-29(14-9-20)25(32)34-21-10-17-33-18-21/h3-4,7-8,20-21H,5-6,9-19H2,1-2H3/t20?,21-/m1/s1. The average Bonchev–Trinajstić information content (AvgIpc) is 3.38. The zero-order chi connectivity index (χ0) is 23.7. The smallest absolute Gasteiger partial charge is 0.410 e. The molecule has 4 aliphatic rings. The second kappa shape index (κ2) is 9.74. The summed E-state index contributed by atoms with van der Waals surface area (Å²) in [4.78, 5) is 33.6. The van der Waals surface area contributed by atoms with Crippen LogP contribution in [-0.4, -0.2) is 99.0 Å². The van der Waals surface area contributed by atoms with E-state index in [1.165, 1.54) is 5.56 Å². The fourth-order valence-electron chi connectivity index (χ4n) is 6.24. The summed E-state index contributed by atoms with van der Waals surface area (Å²) in [5.74, 6) is 0. The first-order valence-corrected chi connectivity index (χ1v) is 12.8. The number of hydrogen-bond acceptors (Lipinski definition) is 5. The minimum atomic E-state index is -0.179. The summed E-state index contributed by atoms with van der Waals surface area (Å²) < 4.78 is 11.0. The maximum Gasteiger partial charge on any atom is 0.410 e. The van der Waals surface area contributed by atoms with Gasteiger partial charge < -0.3 is 24.2 Å². The average molecular weight is 471 g/mol. The van der Waals surface area contributed by atoms with E-state index < -0.39 is 0 Å². The minimum absolute atomic E-state index is 0.0443. The van der Waals surface area contributed by atoms with Gasteiger partial charge in [-0.1, -0.05) is 18.2 Å². The van der Waals surface area contributed by atoms with Crippen molar-refractivity contribution in [1.82, 2.24) is 14.7 Å². The summed E-state index contributed by atoms with van der Waals surface area (Å²) in [6.45, 7) is 5.58. The van der Waals surface area contributed by atoms with Crippen LogP contribution < -0.4 is 4.90 Å². The molecule has 3 amide bonds. The molecule has 5 rings (SSSR count). The molecule has 0 N–H and O–H groups in total. The number of para-hydroxylation sites is 1. The number of carbonyl (C=O) groups is 2. The molecule has 0 aliphatic carbocycles. The van der Waals surface area contributed by atoms with Gasteiger partial charge in [0.1, 0.15) is 6.10 Å². The molecule has 8 nitrogen and oxygen atoms in total. The first kappa shape index (κ1) is 23.4. The van der Waals surface area contributed by atoms with Crippen molar-refractivity contribution in [3.63, 3.8) is 0 Å². The van der Waals surface area contributed by atoms with Gasteiger partial charge in [-0.25, -0.2) is 9.59 Å². The van der Waals surface area contributed by atoms with E-state index in [4.69, 9.17) is 9.47 Å². The summed E-state index contributed by atoms with van der Waals surface area (Å²) in [5, 5.41) is 0. The van der Waals surface area contributed by atoms with Crippen molar-refractivity contribution in [3.05, 3.63) is 29.8 Å². The predicted molar refractivity (Wildman–Crippen MR) is 130 cm³/mol. The Kier molecular flexibility index (Phi) is 6.71. The van der Waals surface area contributed by atoms with Crippen LogP contribution in [0.15, 0.2) is 24.3 Å². The Morgan fingerprint density at radius 3 is 2.59 bits per heavy atom. The van der Waals surface area contributed by atoms with Crippen LogP contribution in [0.1, 0.15) is 44.1 Å². The fourth-order valence-corrected chi connectivity index (χ4v) is 6.24. The molecule has 0 bridgehead atoms. The lowest BCUT2D eigenvalue weighted by atomic mass is 9.74. The van der Waals surface area contributed by atoms with Crippen molar-refractivity contribution in [2.24, 2.45) is 0 Å². The fraction of sp³-hybridized carbons (Fsp3) is 0.692. The number of nitrogens with zero attached hydrogens (tertiary/aromatic N) is 4. The number of fused-ring (bicyclic) bond motifs is 2. The van der Waals surface area contributed by atoms with Crippen molar-refractivity contribution in [3.8, 4) is 0 Å². The monoisotopic (exact) mass is 470 g/mol. The molecule has 3 saturated heterocycles. The van der Waals surface area contributed by atoms with Gasteiger partial charge in [0.15, 0.2) is 0 Å². The molecular weight excluding hydrogens is 432 g/mol. The van der Waals surface area contributed by atoms with Gasteiger partial charge in [0.25, 0.3) is 0 Å². The third-order valence-electron chi connectivity index (χ3n) is 8.22. The van der Waals surface area contributed by atoms with Gasteiger partial charge in [-0.15, -0.1) is 0 Å². The van der Waals surface area contributed by atoms with Gasteiger partial charge >= 0.3 is 12.1 Å². The van der Waals surface area contributed by atoms with Gasteiger partial charge in [0, 0.05) is 57.3 Å². The van der Waals surface area contributed by atoms with Gasteiger partial charge in [-0.3, -0.25) is 4.90 Å². The lowest BCUT2D eigenvalue weighted by Crippen LogP contribution is -2.50. The van der Waals surface area contributed by atoms with E-state index in [1.54, 1.807) is 4.90 Å². The normalized spacial score (nSPS) is 26.9. The van der Waals surface area contributed by atoms with Gasteiger partial charge in [0.2, 0.25) is 0 Å². The molecule has 1 spiro atoms. The summed E-state index contributed by atoms with van der Waals surface area (Å²) in [5.41, 5.74) is 2.45. The lowest BCUT2D eigenvalue weighted by molar-refractivity contribution is 0.0542. The highest BCUT2D eigenvalue weighted by Gasteiger charge is 2.47. The number of benzene rings is 1. The third-order valence-corrected chi connectivity index (χ3v) is 8.22. The number of anilines is 1. The Morgan fingerprint density at radius 2 is 1.85 bits per heavy atom. The molecule has 2 atom stereocenters. The second-order valence-electron chi connectivity index (χ2n) is 10.5. The molecule has 1 aromatic carbocycles. The summed E-state index contributed by atoms with van der Waals surface area (Å²) >= 11 is 0. The van der Waals surface area contributed by atoms with E-state index in [0.717, 1.165) is 76.9 Å². The Hall–Kier alpha value is -2.32. The van der Waals surface area contributed by atoms with Crippen molar-refractivity contribution in [2.75, 3.05) is 64.9 Å². The Balaban J connectivity index is 1.19. The summed E-state index contributed by atoms with van der Waals surface area (Å²) in [6, 6.07) is 9.01. The Morgan fingerprint density at radius 1 is 1.06 bits per heavy atom. The molecule has 1 aromatic rings. The van der Waals surface area contributed by atoms with Crippen LogP contribution in [-0.2, 0) is 14.9 Å². The molecular formula is C26H38N4O4. The Bertz CT molecular complexity index is 893. The van der Waals surface area contributed by atoms with Crippen LogP contribution >= 0.6 is 0 Å². The number of piperidine rings is 1. The quantitative estimate of drug-likeness (QED) is 0.664. The van der Waals surface area contributed by atoms with E-state index in [2.05, 4.69) is 23.1 Å². The maximum absolute atomic E-state index is 12.9. The number of rotatable bonds is 2. The van der Waals surface area contributed by atoms with Crippen LogP contribution in [0.4, 0.5) is 15.3 Å². The number of likely N-dealkylation sites (tertiary alicyclic amines) is 2. The largest absolute Gasteiger partial charge is 0.444 e. The van der Waals surface area contributed by atoms with Crippen molar-refractivity contribution < 1.29 is 19.1 Å².